The predicted molar refractivity (Wildman–Crippen MR) is 93.5 cm³/mol. The highest BCUT2D eigenvalue weighted by Gasteiger charge is 2.37. The number of hydrogen-bond acceptors (Lipinski definition) is 4. The lowest BCUT2D eigenvalue weighted by Crippen LogP contribution is -2.36. The van der Waals surface area contributed by atoms with E-state index >= 15 is 0 Å². The van der Waals surface area contributed by atoms with E-state index in [1.807, 2.05) is 0 Å². The van der Waals surface area contributed by atoms with Crippen LogP contribution in [0.1, 0.15) is 53.0 Å². The van der Waals surface area contributed by atoms with Gasteiger partial charge >= 0.3 is 0 Å². The maximum atomic E-state index is 4.49. The molecule has 1 N–H and O–H groups in total. The summed E-state index contributed by atoms with van der Waals surface area (Å²) in [7, 11) is 0. The summed E-state index contributed by atoms with van der Waals surface area (Å²) in [5.74, 6) is 0.367. The van der Waals surface area contributed by atoms with Crippen LogP contribution in [0, 0.1) is 0 Å². The van der Waals surface area contributed by atoms with E-state index < -0.39 is 0 Å². The van der Waals surface area contributed by atoms with Crippen molar-refractivity contribution in [3.63, 3.8) is 0 Å². The molecular formula is C19H19N3S. The van der Waals surface area contributed by atoms with Gasteiger partial charge in [0, 0.05) is 12.0 Å². The van der Waals surface area contributed by atoms with Gasteiger partial charge in [-0.25, -0.2) is 0 Å². The fourth-order valence-electron chi connectivity index (χ4n) is 3.50. The summed E-state index contributed by atoms with van der Waals surface area (Å²) < 4.78 is 4.26. The summed E-state index contributed by atoms with van der Waals surface area (Å²) in [6.45, 7) is 2.23. The Morgan fingerprint density at radius 3 is 2.26 bits per heavy atom. The van der Waals surface area contributed by atoms with Gasteiger partial charge in [0.05, 0.1) is 16.6 Å². The van der Waals surface area contributed by atoms with Crippen LogP contribution < -0.4 is 5.32 Å². The lowest BCUT2D eigenvalue weighted by atomic mass is 9.82. The maximum Gasteiger partial charge on any atom is 0.0857 e. The van der Waals surface area contributed by atoms with Crippen molar-refractivity contribution in [3.8, 4) is 0 Å². The summed E-state index contributed by atoms with van der Waals surface area (Å²) in [5, 5.41) is 8.35. The summed E-state index contributed by atoms with van der Waals surface area (Å²) in [4.78, 5) is 1.26. The lowest BCUT2D eigenvalue weighted by molar-refractivity contribution is 0.371. The summed E-state index contributed by atoms with van der Waals surface area (Å²) >= 11 is 1.52. The van der Waals surface area contributed by atoms with Crippen LogP contribution in [0.5, 0.6) is 0 Å². The number of fused-ring (bicyclic) bond motifs is 1. The van der Waals surface area contributed by atoms with E-state index in [4.69, 9.17) is 0 Å². The van der Waals surface area contributed by atoms with Crippen LogP contribution in [0.15, 0.2) is 60.7 Å². The van der Waals surface area contributed by atoms with Crippen molar-refractivity contribution < 1.29 is 0 Å². The molecule has 0 saturated carbocycles. The van der Waals surface area contributed by atoms with Gasteiger partial charge in [-0.1, -0.05) is 72.1 Å². The smallest absolute Gasteiger partial charge is 0.0857 e. The average Bonchev–Trinajstić information content (AvgIpc) is 3.11. The molecular weight excluding hydrogens is 302 g/mol. The molecule has 2 heterocycles. The molecule has 0 saturated heterocycles. The van der Waals surface area contributed by atoms with Gasteiger partial charge in [-0.2, -0.15) is 0 Å². The minimum Gasteiger partial charge on any atom is -0.298 e. The average molecular weight is 321 g/mol. The van der Waals surface area contributed by atoms with E-state index in [0.717, 1.165) is 6.42 Å². The van der Waals surface area contributed by atoms with Gasteiger partial charge < -0.3 is 0 Å². The Bertz CT molecular complexity index is 770. The van der Waals surface area contributed by atoms with Gasteiger partial charge in [-0.15, -0.1) is 5.10 Å². The Balaban J connectivity index is 1.81. The molecule has 0 bridgehead atoms. The second-order valence-corrected chi connectivity index (χ2v) is 6.72. The molecule has 4 rings (SSSR count). The predicted octanol–water partition coefficient (Wildman–Crippen LogP) is 4.47. The van der Waals surface area contributed by atoms with Gasteiger partial charge in [0.1, 0.15) is 0 Å². The molecule has 116 valence electrons. The quantitative estimate of drug-likeness (QED) is 0.773. The van der Waals surface area contributed by atoms with E-state index in [-0.39, 0.29) is 12.1 Å². The van der Waals surface area contributed by atoms with E-state index in [1.165, 1.54) is 33.2 Å². The van der Waals surface area contributed by atoms with Crippen molar-refractivity contribution >= 4 is 11.5 Å². The first-order valence-electron chi connectivity index (χ1n) is 8.06. The van der Waals surface area contributed by atoms with Crippen LogP contribution in [0.4, 0.5) is 0 Å². The molecule has 3 nitrogen and oxygen atoms in total. The van der Waals surface area contributed by atoms with Crippen LogP contribution in [-0.4, -0.2) is 9.59 Å². The number of nitrogens with one attached hydrogen (secondary N) is 1. The third-order valence-electron chi connectivity index (χ3n) is 4.63. The number of hydrogen-bond donors (Lipinski definition) is 1. The zero-order chi connectivity index (χ0) is 15.6. The standard InChI is InChI=1S/C19H19N3S/c1-2-15-16(13-9-5-3-6-10-13)20-17(14-11-7-4-8-12-14)19-18(15)21-22-23-19/h3-12,15-17,20H,2H2,1H3. The normalized spacial score (nSPS) is 23.4. The van der Waals surface area contributed by atoms with Gasteiger partial charge in [-0.3, -0.25) is 5.32 Å². The molecule has 23 heavy (non-hydrogen) atoms. The molecule has 1 aromatic heterocycles. The molecule has 3 atom stereocenters. The Hall–Kier alpha value is -2.04. The van der Waals surface area contributed by atoms with Crippen LogP contribution in [0.3, 0.4) is 0 Å². The molecule has 0 aliphatic carbocycles. The second kappa shape index (κ2) is 6.22. The largest absolute Gasteiger partial charge is 0.298 e. The Morgan fingerprint density at radius 1 is 0.957 bits per heavy atom. The summed E-state index contributed by atoms with van der Waals surface area (Å²) in [6.07, 6.45) is 1.05. The minimum atomic E-state index is 0.166. The highest BCUT2D eigenvalue weighted by Crippen LogP contribution is 2.44. The molecule has 3 unspecified atom stereocenters. The molecule has 0 radical (unpaired) electrons. The van der Waals surface area contributed by atoms with Crippen LogP contribution >= 0.6 is 11.5 Å². The van der Waals surface area contributed by atoms with Gasteiger partial charge in [0.15, 0.2) is 0 Å². The molecule has 2 aromatic carbocycles. The number of rotatable bonds is 3. The highest BCUT2D eigenvalue weighted by molar-refractivity contribution is 7.05. The molecule has 0 spiro atoms. The number of aromatic nitrogens is 2. The van der Waals surface area contributed by atoms with Crippen molar-refractivity contribution in [3.05, 3.63) is 82.4 Å². The van der Waals surface area contributed by atoms with E-state index in [9.17, 15) is 0 Å². The van der Waals surface area contributed by atoms with Crippen molar-refractivity contribution in [2.75, 3.05) is 0 Å². The fourth-order valence-corrected chi connectivity index (χ4v) is 4.31. The molecule has 3 aromatic rings. The van der Waals surface area contributed by atoms with Crippen molar-refractivity contribution in [1.29, 1.82) is 0 Å². The Kier molecular flexibility index (Phi) is 3.93. The fraction of sp³-hybridized carbons (Fsp3) is 0.263. The van der Waals surface area contributed by atoms with E-state index in [0.29, 0.717) is 5.92 Å². The highest BCUT2D eigenvalue weighted by atomic mass is 32.1. The number of benzene rings is 2. The molecule has 4 heteroatoms. The van der Waals surface area contributed by atoms with E-state index in [2.05, 4.69) is 82.5 Å². The third kappa shape index (κ3) is 2.58. The topological polar surface area (TPSA) is 37.8 Å². The summed E-state index contributed by atoms with van der Waals surface area (Å²) in [6, 6.07) is 21.7. The van der Waals surface area contributed by atoms with Crippen LogP contribution in [0.25, 0.3) is 0 Å². The van der Waals surface area contributed by atoms with Crippen molar-refractivity contribution in [1.82, 2.24) is 14.9 Å². The molecule has 0 amide bonds. The second-order valence-electron chi connectivity index (χ2n) is 5.94. The number of nitrogens with zero attached hydrogens (tertiary/aromatic N) is 2. The first-order valence-corrected chi connectivity index (χ1v) is 8.84. The molecule has 0 fully saturated rings. The molecule has 1 aliphatic rings. The van der Waals surface area contributed by atoms with Gasteiger partial charge in [0.25, 0.3) is 0 Å². The maximum absolute atomic E-state index is 4.49. The van der Waals surface area contributed by atoms with Gasteiger partial charge in [-0.05, 0) is 29.1 Å². The van der Waals surface area contributed by atoms with E-state index in [1.54, 1.807) is 0 Å². The SMILES string of the molecule is CCC1c2nnsc2C(c2ccccc2)NC1c1ccccc1. The van der Waals surface area contributed by atoms with Crippen molar-refractivity contribution in [2.24, 2.45) is 0 Å². The van der Waals surface area contributed by atoms with Crippen LogP contribution in [-0.2, 0) is 0 Å². The van der Waals surface area contributed by atoms with Crippen LogP contribution in [0.2, 0.25) is 0 Å². The monoisotopic (exact) mass is 321 g/mol. The van der Waals surface area contributed by atoms with Gasteiger partial charge in [0.2, 0.25) is 0 Å². The first-order chi connectivity index (χ1) is 11.4. The van der Waals surface area contributed by atoms with Crippen molar-refractivity contribution in [2.45, 2.75) is 31.3 Å². The summed E-state index contributed by atoms with van der Waals surface area (Å²) in [5.41, 5.74) is 3.76. The minimum absolute atomic E-state index is 0.166. The zero-order valence-electron chi connectivity index (χ0n) is 13.0. The Labute approximate surface area is 140 Å². The first kappa shape index (κ1) is 14.5. The lowest BCUT2D eigenvalue weighted by Gasteiger charge is -2.36. The Morgan fingerprint density at radius 2 is 1.61 bits per heavy atom. The zero-order valence-corrected chi connectivity index (χ0v) is 13.8. The third-order valence-corrected chi connectivity index (χ3v) is 5.44. The molecule has 1 aliphatic heterocycles.